The molecule has 0 aliphatic heterocycles. The van der Waals surface area contributed by atoms with E-state index in [1.807, 2.05) is 18.2 Å². The van der Waals surface area contributed by atoms with Gasteiger partial charge in [-0.15, -0.1) is 0 Å². The molecule has 0 aliphatic carbocycles. The predicted octanol–water partition coefficient (Wildman–Crippen LogP) is 3.72. The van der Waals surface area contributed by atoms with Crippen molar-refractivity contribution in [1.29, 1.82) is 0 Å². The van der Waals surface area contributed by atoms with Crippen molar-refractivity contribution in [2.24, 2.45) is 0 Å². The van der Waals surface area contributed by atoms with Gasteiger partial charge in [-0.1, -0.05) is 41.9 Å². The van der Waals surface area contributed by atoms with Crippen LogP contribution in [0.5, 0.6) is 0 Å². The first kappa shape index (κ1) is 13.6. The fourth-order valence-electron chi connectivity index (χ4n) is 1.74. The van der Waals surface area contributed by atoms with Crippen molar-refractivity contribution >= 4 is 17.5 Å². The Morgan fingerprint density at radius 3 is 2.68 bits per heavy atom. The van der Waals surface area contributed by atoms with Gasteiger partial charge in [0, 0.05) is 11.6 Å². The van der Waals surface area contributed by atoms with Crippen LogP contribution in [0.2, 0.25) is 5.02 Å². The molecule has 0 aliphatic rings. The van der Waals surface area contributed by atoms with Crippen molar-refractivity contribution in [2.45, 2.75) is 13.5 Å². The van der Waals surface area contributed by atoms with Crippen LogP contribution in [-0.2, 0) is 6.54 Å². The number of hydrogen-bond donors (Lipinski definition) is 1. The quantitative estimate of drug-likeness (QED) is 0.910. The second kappa shape index (κ2) is 5.85. The van der Waals surface area contributed by atoms with Gasteiger partial charge in [-0.05, 0) is 30.2 Å². The summed E-state index contributed by atoms with van der Waals surface area (Å²) >= 11 is 5.98. The number of halogens is 2. The Morgan fingerprint density at radius 2 is 1.95 bits per heavy atom. The smallest absolute Gasteiger partial charge is 0.254 e. The molecule has 1 amide bonds. The molecule has 0 atom stereocenters. The van der Waals surface area contributed by atoms with Gasteiger partial charge in [0.2, 0.25) is 0 Å². The lowest BCUT2D eigenvalue weighted by atomic mass is 10.1. The molecule has 0 heterocycles. The number of rotatable bonds is 3. The maximum atomic E-state index is 13.8. The lowest BCUT2D eigenvalue weighted by Gasteiger charge is -2.08. The van der Waals surface area contributed by atoms with Crippen molar-refractivity contribution in [3.63, 3.8) is 0 Å². The summed E-state index contributed by atoms with van der Waals surface area (Å²) in [5.74, 6) is -0.930. The highest BCUT2D eigenvalue weighted by Crippen LogP contribution is 2.15. The molecule has 2 aromatic carbocycles. The van der Waals surface area contributed by atoms with E-state index in [0.717, 1.165) is 5.56 Å². The van der Waals surface area contributed by atoms with E-state index < -0.39 is 11.7 Å². The molecule has 0 fully saturated rings. The Labute approximate surface area is 116 Å². The van der Waals surface area contributed by atoms with Crippen LogP contribution in [0.1, 0.15) is 21.5 Å². The van der Waals surface area contributed by atoms with Crippen molar-refractivity contribution in [3.05, 3.63) is 70.0 Å². The first-order valence-corrected chi connectivity index (χ1v) is 6.24. The van der Waals surface area contributed by atoms with E-state index in [-0.39, 0.29) is 12.1 Å². The molecule has 0 unspecified atom stereocenters. The summed E-state index contributed by atoms with van der Waals surface area (Å²) in [6, 6.07) is 12.0. The molecule has 0 radical (unpaired) electrons. The zero-order valence-electron chi connectivity index (χ0n) is 10.4. The summed E-state index contributed by atoms with van der Waals surface area (Å²) in [4.78, 5) is 11.9. The second-order valence-electron chi connectivity index (χ2n) is 4.21. The molecule has 2 rings (SSSR count). The summed E-state index contributed by atoms with van der Waals surface area (Å²) in [6.07, 6.45) is 0. The second-order valence-corrected chi connectivity index (χ2v) is 4.62. The monoisotopic (exact) mass is 277 g/mol. The minimum Gasteiger partial charge on any atom is -0.348 e. The molecule has 2 aromatic rings. The third-order valence-corrected chi connectivity index (χ3v) is 3.20. The average Bonchev–Trinajstić information content (AvgIpc) is 2.40. The van der Waals surface area contributed by atoms with E-state index >= 15 is 0 Å². The first-order valence-electron chi connectivity index (χ1n) is 5.86. The van der Waals surface area contributed by atoms with Crippen LogP contribution in [-0.4, -0.2) is 5.91 Å². The third-order valence-electron chi connectivity index (χ3n) is 2.83. The average molecular weight is 278 g/mol. The van der Waals surface area contributed by atoms with Crippen molar-refractivity contribution < 1.29 is 9.18 Å². The van der Waals surface area contributed by atoms with E-state index in [1.165, 1.54) is 6.07 Å². The highest BCUT2D eigenvalue weighted by Gasteiger charge is 2.12. The van der Waals surface area contributed by atoms with Crippen molar-refractivity contribution in [3.8, 4) is 0 Å². The molecule has 19 heavy (non-hydrogen) atoms. The van der Waals surface area contributed by atoms with Gasteiger partial charge >= 0.3 is 0 Å². The number of nitrogens with one attached hydrogen (secondary N) is 1. The van der Waals surface area contributed by atoms with Gasteiger partial charge in [-0.2, -0.15) is 0 Å². The van der Waals surface area contributed by atoms with E-state index in [1.54, 1.807) is 25.1 Å². The summed E-state index contributed by atoms with van der Waals surface area (Å²) in [6.45, 7) is 1.89. The molecule has 0 aromatic heterocycles. The number of amides is 1. The fraction of sp³-hybridized carbons (Fsp3) is 0.133. The van der Waals surface area contributed by atoms with Gasteiger partial charge < -0.3 is 5.32 Å². The molecular weight excluding hydrogens is 265 g/mol. The SMILES string of the molecule is Cc1cccc(C(=O)NCc2ccccc2Cl)c1F. The molecule has 0 saturated carbocycles. The number of benzene rings is 2. The van der Waals surface area contributed by atoms with Gasteiger partial charge in [0.1, 0.15) is 5.82 Å². The summed E-state index contributed by atoms with van der Waals surface area (Å²) < 4.78 is 13.8. The van der Waals surface area contributed by atoms with E-state index in [0.29, 0.717) is 10.6 Å². The molecule has 0 spiro atoms. The van der Waals surface area contributed by atoms with E-state index in [2.05, 4.69) is 5.32 Å². The highest BCUT2D eigenvalue weighted by atomic mass is 35.5. The Morgan fingerprint density at radius 1 is 1.21 bits per heavy atom. The minimum atomic E-state index is -0.487. The van der Waals surface area contributed by atoms with Gasteiger partial charge in [0.05, 0.1) is 5.56 Å². The molecule has 98 valence electrons. The molecule has 0 bridgehead atoms. The Balaban J connectivity index is 2.10. The number of aryl methyl sites for hydroxylation is 1. The van der Waals surface area contributed by atoms with Crippen LogP contribution in [0, 0.1) is 12.7 Å². The molecular formula is C15H13ClFNO. The summed E-state index contributed by atoms with van der Waals surface area (Å²) in [7, 11) is 0. The lowest BCUT2D eigenvalue weighted by molar-refractivity contribution is 0.0946. The zero-order valence-corrected chi connectivity index (χ0v) is 11.2. The number of carbonyl (C=O) groups is 1. The molecule has 4 heteroatoms. The topological polar surface area (TPSA) is 29.1 Å². The predicted molar refractivity (Wildman–Crippen MR) is 73.8 cm³/mol. The maximum absolute atomic E-state index is 13.8. The summed E-state index contributed by atoms with van der Waals surface area (Å²) in [5, 5.41) is 3.24. The minimum absolute atomic E-state index is 0.0482. The highest BCUT2D eigenvalue weighted by molar-refractivity contribution is 6.31. The van der Waals surface area contributed by atoms with Gasteiger partial charge in [-0.3, -0.25) is 4.79 Å². The zero-order chi connectivity index (χ0) is 13.8. The largest absolute Gasteiger partial charge is 0.348 e. The lowest BCUT2D eigenvalue weighted by Crippen LogP contribution is -2.24. The Hall–Kier alpha value is -1.87. The van der Waals surface area contributed by atoms with Gasteiger partial charge in [-0.25, -0.2) is 4.39 Å². The van der Waals surface area contributed by atoms with Crippen molar-refractivity contribution in [2.75, 3.05) is 0 Å². The van der Waals surface area contributed by atoms with Crippen LogP contribution in [0.25, 0.3) is 0 Å². The van der Waals surface area contributed by atoms with Crippen LogP contribution in [0.15, 0.2) is 42.5 Å². The van der Waals surface area contributed by atoms with Crippen LogP contribution in [0.3, 0.4) is 0 Å². The standard InChI is InChI=1S/C15H13ClFNO/c1-10-5-4-7-12(14(10)17)15(19)18-9-11-6-2-3-8-13(11)16/h2-8H,9H2,1H3,(H,18,19). The fourth-order valence-corrected chi connectivity index (χ4v) is 1.94. The normalized spacial score (nSPS) is 10.3. The molecule has 0 saturated heterocycles. The number of hydrogen-bond acceptors (Lipinski definition) is 1. The van der Waals surface area contributed by atoms with Gasteiger partial charge in [0.25, 0.3) is 5.91 Å². The summed E-state index contributed by atoms with van der Waals surface area (Å²) in [5.41, 5.74) is 1.29. The van der Waals surface area contributed by atoms with E-state index in [4.69, 9.17) is 11.6 Å². The molecule has 2 nitrogen and oxygen atoms in total. The van der Waals surface area contributed by atoms with Gasteiger partial charge in [0.15, 0.2) is 0 Å². The first-order chi connectivity index (χ1) is 9.09. The third kappa shape index (κ3) is 3.12. The Bertz CT molecular complexity index is 613. The Kier molecular flexibility index (Phi) is 4.17. The van der Waals surface area contributed by atoms with Crippen LogP contribution >= 0.6 is 11.6 Å². The van der Waals surface area contributed by atoms with Crippen molar-refractivity contribution in [1.82, 2.24) is 5.32 Å². The molecule has 1 N–H and O–H groups in total. The van der Waals surface area contributed by atoms with Crippen LogP contribution < -0.4 is 5.32 Å². The van der Waals surface area contributed by atoms with Crippen LogP contribution in [0.4, 0.5) is 4.39 Å². The van der Waals surface area contributed by atoms with E-state index in [9.17, 15) is 9.18 Å². The maximum Gasteiger partial charge on any atom is 0.254 e. The number of carbonyl (C=O) groups excluding carboxylic acids is 1.